The SMILES string of the molecule is COc1ccc(OC)c([C@H](C)NC(=O)C[C@H](NC(C)=O)c2ccccc2)c1. The number of amides is 2. The lowest BCUT2D eigenvalue weighted by Crippen LogP contribution is -2.33. The van der Waals surface area contributed by atoms with Crippen LogP contribution in [0.2, 0.25) is 0 Å². The van der Waals surface area contributed by atoms with E-state index >= 15 is 0 Å². The molecule has 2 N–H and O–H groups in total. The molecule has 0 unspecified atom stereocenters. The fraction of sp³-hybridized carbons (Fsp3) is 0.333. The first kappa shape index (κ1) is 20.3. The van der Waals surface area contributed by atoms with E-state index < -0.39 is 0 Å². The lowest BCUT2D eigenvalue weighted by atomic mass is 10.0. The van der Waals surface area contributed by atoms with E-state index in [1.54, 1.807) is 26.4 Å². The summed E-state index contributed by atoms with van der Waals surface area (Å²) < 4.78 is 10.6. The average Bonchev–Trinajstić information content (AvgIpc) is 2.67. The Bertz CT molecular complexity index is 777. The Kier molecular flexibility index (Phi) is 7.23. The topological polar surface area (TPSA) is 76.7 Å². The van der Waals surface area contributed by atoms with Crippen LogP contribution >= 0.6 is 0 Å². The van der Waals surface area contributed by atoms with Gasteiger partial charge in [0, 0.05) is 12.5 Å². The van der Waals surface area contributed by atoms with Crippen LogP contribution in [0.3, 0.4) is 0 Å². The normalized spacial score (nSPS) is 12.6. The van der Waals surface area contributed by atoms with Gasteiger partial charge in [-0.2, -0.15) is 0 Å². The zero-order valence-corrected chi connectivity index (χ0v) is 16.1. The average molecular weight is 370 g/mol. The highest BCUT2D eigenvalue weighted by Gasteiger charge is 2.20. The molecule has 6 nitrogen and oxygen atoms in total. The maximum absolute atomic E-state index is 12.6. The van der Waals surface area contributed by atoms with Crippen LogP contribution in [0.15, 0.2) is 48.5 Å². The summed E-state index contributed by atoms with van der Waals surface area (Å²) in [6.45, 7) is 3.32. The van der Waals surface area contributed by atoms with Crippen molar-refractivity contribution in [3.8, 4) is 11.5 Å². The fourth-order valence-corrected chi connectivity index (χ4v) is 2.92. The van der Waals surface area contributed by atoms with Crippen molar-refractivity contribution >= 4 is 11.8 Å². The van der Waals surface area contributed by atoms with E-state index in [0.717, 1.165) is 11.1 Å². The first-order valence-electron chi connectivity index (χ1n) is 8.78. The van der Waals surface area contributed by atoms with Crippen molar-refractivity contribution in [1.82, 2.24) is 10.6 Å². The zero-order chi connectivity index (χ0) is 19.8. The summed E-state index contributed by atoms with van der Waals surface area (Å²) >= 11 is 0. The third kappa shape index (κ3) is 5.74. The molecule has 6 heteroatoms. The number of benzene rings is 2. The molecule has 2 aromatic carbocycles. The molecule has 0 heterocycles. The van der Waals surface area contributed by atoms with Gasteiger partial charge in [-0.3, -0.25) is 9.59 Å². The largest absolute Gasteiger partial charge is 0.497 e. The van der Waals surface area contributed by atoms with Crippen LogP contribution in [0.25, 0.3) is 0 Å². The molecule has 2 atom stereocenters. The van der Waals surface area contributed by atoms with E-state index in [1.165, 1.54) is 6.92 Å². The van der Waals surface area contributed by atoms with Crippen LogP contribution in [0.4, 0.5) is 0 Å². The van der Waals surface area contributed by atoms with Crippen LogP contribution in [0.5, 0.6) is 11.5 Å². The molecule has 0 aliphatic rings. The minimum Gasteiger partial charge on any atom is -0.497 e. The lowest BCUT2D eigenvalue weighted by Gasteiger charge is -2.21. The summed E-state index contributed by atoms with van der Waals surface area (Å²) in [6, 6.07) is 14.2. The van der Waals surface area contributed by atoms with E-state index in [-0.39, 0.29) is 30.3 Å². The summed E-state index contributed by atoms with van der Waals surface area (Å²) in [4.78, 5) is 24.1. The maximum atomic E-state index is 12.6. The smallest absolute Gasteiger partial charge is 0.222 e. The van der Waals surface area contributed by atoms with Crippen molar-refractivity contribution in [2.75, 3.05) is 14.2 Å². The number of methoxy groups -OCH3 is 2. The predicted molar refractivity (Wildman–Crippen MR) is 104 cm³/mol. The van der Waals surface area contributed by atoms with E-state index in [9.17, 15) is 9.59 Å². The summed E-state index contributed by atoms with van der Waals surface area (Å²) in [5.74, 6) is 1.01. The fourth-order valence-electron chi connectivity index (χ4n) is 2.92. The van der Waals surface area contributed by atoms with Crippen LogP contribution in [-0.4, -0.2) is 26.0 Å². The van der Waals surface area contributed by atoms with Crippen molar-refractivity contribution in [2.45, 2.75) is 32.4 Å². The number of nitrogens with one attached hydrogen (secondary N) is 2. The van der Waals surface area contributed by atoms with Crippen LogP contribution in [0, 0.1) is 0 Å². The lowest BCUT2D eigenvalue weighted by molar-refractivity contribution is -0.123. The van der Waals surface area contributed by atoms with Gasteiger partial charge in [0.2, 0.25) is 11.8 Å². The van der Waals surface area contributed by atoms with Crippen molar-refractivity contribution in [3.63, 3.8) is 0 Å². The van der Waals surface area contributed by atoms with Gasteiger partial charge in [0.15, 0.2) is 0 Å². The Morgan fingerprint density at radius 3 is 2.30 bits per heavy atom. The Balaban J connectivity index is 2.12. The number of carbonyl (C=O) groups is 2. The van der Waals surface area contributed by atoms with E-state index in [0.29, 0.717) is 11.5 Å². The van der Waals surface area contributed by atoms with E-state index in [2.05, 4.69) is 10.6 Å². The quantitative estimate of drug-likeness (QED) is 0.748. The second kappa shape index (κ2) is 9.62. The number of hydrogen-bond donors (Lipinski definition) is 2. The minimum atomic E-state index is -0.386. The first-order chi connectivity index (χ1) is 12.9. The van der Waals surface area contributed by atoms with Gasteiger partial charge in [-0.25, -0.2) is 0 Å². The Labute approximate surface area is 159 Å². The highest BCUT2D eigenvalue weighted by atomic mass is 16.5. The van der Waals surface area contributed by atoms with Gasteiger partial charge in [-0.1, -0.05) is 30.3 Å². The number of rotatable bonds is 8. The van der Waals surface area contributed by atoms with Crippen molar-refractivity contribution in [3.05, 3.63) is 59.7 Å². The zero-order valence-electron chi connectivity index (χ0n) is 16.1. The molecular formula is C21H26N2O4. The van der Waals surface area contributed by atoms with Crippen molar-refractivity contribution < 1.29 is 19.1 Å². The third-order valence-electron chi connectivity index (χ3n) is 4.25. The van der Waals surface area contributed by atoms with Crippen LogP contribution < -0.4 is 20.1 Å². The highest BCUT2D eigenvalue weighted by molar-refractivity contribution is 5.79. The molecular weight excluding hydrogens is 344 g/mol. The van der Waals surface area contributed by atoms with Gasteiger partial charge < -0.3 is 20.1 Å². The monoisotopic (exact) mass is 370 g/mol. The molecule has 0 aromatic heterocycles. The van der Waals surface area contributed by atoms with Gasteiger partial charge in [-0.05, 0) is 30.7 Å². The molecule has 144 valence electrons. The molecule has 2 rings (SSSR count). The van der Waals surface area contributed by atoms with Crippen molar-refractivity contribution in [2.24, 2.45) is 0 Å². The van der Waals surface area contributed by atoms with Crippen molar-refractivity contribution in [1.29, 1.82) is 0 Å². The maximum Gasteiger partial charge on any atom is 0.222 e. The molecule has 27 heavy (non-hydrogen) atoms. The van der Waals surface area contributed by atoms with Crippen LogP contribution in [-0.2, 0) is 9.59 Å². The third-order valence-corrected chi connectivity index (χ3v) is 4.25. The number of carbonyl (C=O) groups excluding carboxylic acids is 2. The van der Waals surface area contributed by atoms with Gasteiger partial charge >= 0.3 is 0 Å². The van der Waals surface area contributed by atoms with Gasteiger partial charge in [0.25, 0.3) is 0 Å². The molecule has 0 bridgehead atoms. The standard InChI is InChI=1S/C21H26N2O4/c1-14(18-12-17(26-3)10-11-20(18)27-4)22-21(25)13-19(23-15(2)24)16-8-6-5-7-9-16/h5-12,14,19H,13H2,1-4H3,(H,22,25)(H,23,24)/t14-,19-/m0/s1. The summed E-state index contributed by atoms with van der Waals surface area (Å²) in [5, 5.41) is 5.81. The molecule has 0 fully saturated rings. The van der Waals surface area contributed by atoms with Gasteiger partial charge in [0.05, 0.1) is 32.7 Å². The second-order valence-electron chi connectivity index (χ2n) is 6.26. The van der Waals surface area contributed by atoms with Crippen LogP contribution in [0.1, 0.15) is 43.5 Å². The minimum absolute atomic E-state index is 0.139. The number of hydrogen-bond acceptors (Lipinski definition) is 4. The molecule has 0 saturated heterocycles. The molecule has 2 aromatic rings. The predicted octanol–water partition coefficient (Wildman–Crippen LogP) is 3.15. The highest BCUT2D eigenvalue weighted by Crippen LogP contribution is 2.29. The Morgan fingerprint density at radius 2 is 1.70 bits per heavy atom. The van der Waals surface area contributed by atoms with Gasteiger partial charge in [0.1, 0.15) is 11.5 Å². The molecule has 0 saturated carbocycles. The number of ether oxygens (including phenoxy) is 2. The molecule has 0 radical (unpaired) electrons. The molecule has 0 aliphatic heterocycles. The molecule has 0 spiro atoms. The van der Waals surface area contributed by atoms with E-state index in [4.69, 9.17) is 9.47 Å². The molecule has 2 amide bonds. The Hall–Kier alpha value is -3.02. The first-order valence-corrected chi connectivity index (χ1v) is 8.78. The summed E-state index contributed by atoms with van der Waals surface area (Å²) in [5.41, 5.74) is 1.70. The summed E-state index contributed by atoms with van der Waals surface area (Å²) in [7, 11) is 3.18. The van der Waals surface area contributed by atoms with Gasteiger partial charge in [-0.15, -0.1) is 0 Å². The molecule has 0 aliphatic carbocycles. The Morgan fingerprint density at radius 1 is 1.00 bits per heavy atom. The van der Waals surface area contributed by atoms with E-state index in [1.807, 2.05) is 43.3 Å². The summed E-state index contributed by atoms with van der Waals surface area (Å²) in [6.07, 6.45) is 0.139. The second-order valence-corrected chi connectivity index (χ2v) is 6.26.